The lowest BCUT2D eigenvalue weighted by molar-refractivity contribution is -0.449. The molecule has 1 aliphatic carbocycles. The van der Waals surface area contributed by atoms with Gasteiger partial charge >= 0.3 is 0 Å². The summed E-state index contributed by atoms with van der Waals surface area (Å²) in [7, 11) is -3.56. The molecule has 1 saturated carbocycles. The summed E-state index contributed by atoms with van der Waals surface area (Å²) in [6.45, 7) is -0.531. The van der Waals surface area contributed by atoms with Crippen LogP contribution in [0.25, 0.3) is 0 Å². The highest BCUT2D eigenvalue weighted by Crippen LogP contribution is 2.66. The number of ether oxygens (including phenoxy) is 3. The molecule has 7 heteroatoms. The van der Waals surface area contributed by atoms with Crippen molar-refractivity contribution in [3.63, 3.8) is 0 Å². The van der Waals surface area contributed by atoms with Gasteiger partial charge in [-0.2, -0.15) is 8.42 Å². The average molecular weight is 328 g/mol. The third-order valence-corrected chi connectivity index (χ3v) is 5.08. The Morgan fingerprint density at radius 1 is 1.41 bits per heavy atom. The Balaban J connectivity index is 1.45. The first-order valence-corrected chi connectivity index (χ1v) is 8.95. The maximum Gasteiger partial charge on any atom is 0.264 e. The lowest BCUT2D eigenvalue weighted by Crippen LogP contribution is -2.78. The fourth-order valence-electron chi connectivity index (χ4n) is 3.56. The van der Waals surface area contributed by atoms with E-state index < -0.39 is 28.1 Å². The van der Waals surface area contributed by atoms with E-state index in [1.54, 1.807) is 0 Å². The summed E-state index contributed by atoms with van der Waals surface area (Å²) in [5.74, 6) is -0.945. The molecule has 2 saturated heterocycles. The van der Waals surface area contributed by atoms with Crippen LogP contribution in [-0.2, 0) is 35.1 Å². The van der Waals surface area contributed by atoms with Crippen LogP contribution < -0.4 is 0 Å². The topological polar surface area (TPSA) is 71.1 Å². The maximum atomic E-state index is 11.2. The van der Waals surface area contributed by atoms with Crippen LogP contribution in [0.15, 0.2) is 30.3 Å². The van der Waals surface area contributed by atoms with Crippen LogP contribution in [0.5, 0.6) is 0 Å². The van der Waals surface area contributed by atoms with E-state index >= 15 is 0 Å². The summed E-state index contributed by atoms with van der Waals surface area (Å²) in [6.07, 6.45) is 0.991. The summed E-state index contributed by atoms with van der Waals surface area (Å²) in [4.78, 5) is 0. The van der Waals surface area contributed by atoms with E-state index in [0.29, 0.717) is 13.0 Å². The molecule has 0 N–H and O–H groups in total. The lowest BCUT2D eigenvalue weighted by Gasteiger charge is -2.64. The highest BCUT2D eigenvalue weighted by molar-refractivity contribution is 7.85. The number of hydrogen-bond donors (Lipinski definition) is 0. The van der Waals surface area contributed by atoms with Gasteiger partial charge in [0.15, 0.2) is 5.79 Å². The van der Waals surface area contributed by atoms with Crippen molar-refractivity contribution in [3.05, 3.63) is 35.9 Å². The van der Waals surface area contributed by atoms with Crippen molar-refractivity contribution < 1.29 is 28.2 Å². The van der Waals surface area contributed by atoms with Gasteiger partial charge in [0, 0.05) is 6.42 Å². The molecule has 4 rings (SSSR count). The van der Waals surface area contributed by atoms with Gasteiger partial charge in [0.1, 0.15) is 5.60 Å². The second-order valence-electron chi connectivity index (χ2n) is 6.11. The van der Waals surface area contributed by atoms with Crippen LogP contribution in [0, 0.1) is 5.92 Å². The number of benzene rings is 1. The van der Waals surface area contributed by atoms with E-state index in [1.807, 2.05) is 30.3 Å². The Morgan fingerprint density at radius 3 is 2.91 bits per heavy atom. The van der Waals surface area contributed by atoms with E-state index in [-0.39, 0.29) is 18.6 Å². The van der Waals surface area contributed by atoms with Gasteiger partial charge in [0.05, 0.1) is 39.4 Å². The molecule has 22 heavy (non-hydrogen) atoms. The van der Waals surface area contributed by atoms with Crippen LogP contribution in [0.2, 0.25) is 0 Å². The SMILES string of the molecule is [3H][C@@H]1O[C@@]2(COS(C)(=O)=O)CC3(OCc4ccccc4)O[C@H]1C32. The first-order chi connectivity index (χ1) is 10.8. The molecule has 0 bridgehead atoms. The van der Waals surface area contributed by atoms with Gasteiger partial charge in [-0.1, -0.05) is 30.3 Å². The van der Waals surface area contributed by atoms with E-state index in [1.165, 1.54) is 0 Å². The van der Waals surface area contributed by atoms with Crippen molar-refractivity contribution in [2.75, 3.05) is 19.4 Å². The molecule has 0 radical (unpaired) electrons. The zero-order chi connectivity index (χ0) is 16.3. The minimum atomic E-state index is -3.56. The van der Waals surface area contributed by atoms with Crippen molar-refractivity contribution in [1.82, 2.24) is 0 Å². The van der Waals surface area contributed by atoms with Crippen molar-refractivity contribution in [2.45, 2.75) is 30.5 Å². The molecular weight excluding hydrogens is 308 g/mol. The lowest BCUT2D eigenvalue weighted by atomic mass is 9.59. The summed E-state index contributed by atoms with van der Waals surface area (Å²) in [6, 6.07) is 9.73. The zero-order valence-corrected chi connectivity index (χ0v) is 12.9. The average Bonchev–Trinajstić information content (AvgIpc) is 2.57. The highest BCUT2D eigenvalue weighted by atomic mass is 32.2. The van der Waals surface area contributed by atoms with Crippen LogP contribution in [0.4, 0.5) is 0 Å². The minimum absolute atomic E-state index is 0.0951. The zero-order valence-electron chi connectivity index (χ0n) is 13.1. The molecule has 6 nitrogen and oxygen atoms in total. The second-order valence-corrected chi connectivity index (χ2v) is 7.75. The third kappa shape index (κ3) is 2.19. The van der Waals surface area contributed by atoms with Gasteiger partial charge in [-0.15, -0.1) is 0 Å². The predicted octanol–water partition coefficient (Wildman–Crippen LogP) is 1.06. The molecule has 1 aromatic rings. The van der Waals surface area contributed by atoms with Gasteiger partial charge < -0.3 is 14.2 Å². The van der Waals surface area contributed by atoms with E-state index in [2.05, 4.69) is 0 Å². The summed E-state index contributed by atoms with van der Waals surface area (Å²) in [5, 5.41) is 0. The molecule has 2 aliphatic heterocycles. The first-order valence-electron chi connectivity index (χ1n) is 7.72. The molecule has 3 fully saturated rings. The smallest absolute Gasteiger partial charge is 0.264 e. The van der Waals surface area contributed by atoms with Gasteiger partial charge in [-0.25, -0.2) is 0 Å². The standard InChI is InChI=1S/C15H18O6S/c1-22(16,17)20-10-14-9-15(13(14)12(21-15)8-18-14)19-7-11-5-3-2-4-6-11/h2-6,12-13H,7-10H2,1H3/t12-,13?,14-,15?/m1/s1/i8T/t8-,12+,13?,14+,15?/m0. The van der Waals surface area contributed by atoms with Crippen molar-refractivity contribution >= 4 is 10.1 Å². The van der Waals surface area contributed by atoms with Crippen LogP contribution in [0.1, 0.15) is 13.4 Å². The fourth-order valence-corrected chi connectivity index (χ4v) is 3.97. The van der Waals surface area contributed by atoms with Crippen LogP contribution in [0.3, 0.4) is 0 Å². The van der Waals surface area contributed by atoms with Crippen LogP contribution in [-0.4, -0.2) is 45.4 Å². The Kier molecular flexibility index (Phi) is 2.90. The number of rotatable bonds is 6. The Labute approximate surface area is 130 Å². The fraction of sp³-hybridized carbons (Fsp3) is 0.600. The Morgan fingerprint density at radius 2 is 2.18 bits per heavy atom. The first kappa shape index (κ1) is 13.4. The van der Waals surface area contributed by atoms with Crippen molar-refractivity contribution in [2.24, 2.45) is 5.92 Å². The predicted molar refractivity (Wildman–Crippen MR) is 76.4 cm³/mol. The molecule has 0 amide bonds. The molecular formula is C15H18O6S. The minimum Gasteiger partial charge on any atom is -0.369 e. The molecule has 2 unspecified atom stereocenters. The summed E-state index contributed by atoms with van der Waals surface area (Å²) < 4.78 is 52.7. The molecule has 1 aromatic carbocycles. The van der Waals surface area contributed by atoms with Gasteiger partial charge in [0.2, 0.25) is 0 Å². The van der Waals surface area contributed by atoms with Gasteiger partial charge in [0.25, 0.3) is 10.1 Å². The highest BCUT2D eigenvalue weighted by Gasteiger charge is 2.80. The molecule has 2 heterocycles. The summed E-state index contributed by atoms with van der Waals surface area (Å²) in [5.41, 5.74) is 0.231. The molecule has 0 aromatic heterocycles. The van der Waals surface area contributed by atoms with Gasteiger partial charge in [-0.05, 0) is 5.56 Å². The quantitative estimate of drug-likeness (QED) is 0.727. The Bertz CT molecular complexity index is 710. The molecule has 120 valence electrons. The van der Waals surface area contributed by atoms with E-state index in [0.717, 1.165) is 11.8 Å². The monoisotopic (exact) mass is 328 g/mol. The third-order valence-electron chi connectivity index (χ3n) is 4.53. The number of hydrogen-bond acceptors (Lipinski definition) is 6. The van der Waals surface area contributed by atoms with Crippen molar-refractivity contribution in [1.29, 1.82) is 0 Å². The van der Waals surface area contributed by atoms with Crippen LogP contribution >= 0.6 is 0 Å². The van der Waals surface area contributed by atoms with E-state index in [4.69, 9.17) is 19.8 Å². The second kappa shape index (κ2) is 4.75. The maximum absolute atomic E-state index is 11.2. The molecule has 3 aliphatic rings. The summed E-state index contributed by atoms with van der Waals surface area (Å²) >= 11 is 0. The molecule has 5 atom stereocenters. The van der Waals surface area contributed by atoms with Gasteiger partial charge in [-0.3, -0.25) is 4.18 Å². The Hall–Kier alpha value is -0.990. The normalized spacial score (nSPS) is 43.0. The van der Waals surface area contributed by atoms with Crippen molar-refractivity contribution in [3.8, 4) is 0 Å². The largest absolute Gasteiger partial charge is 0.369 e. The van der Waals surface area contributed by atoms with E-state index in [9.17, 15) is 8.42 Å². The molecule has 0 spiro atoms.